The fourth-order valence-electron chi connectivity index (χ4n) is 3.55. The van der Waals surface area contributed by atoms with E-state index >= 15 is 0 Å². The quantitative estimate of drug-likeness (QED) is 0.695. The summed E-state index contributed by atoms with van der Waals surface area (Å²) in [4.78, 5) is 12.7. The topological polar surface area (TPSA) is 38.3 Å². The molecule has 140 valence electrons. The molecule has 4 unspecified atom stereocenters. The molecule has 0 spiro atoms. The summed E-state index contributed by atoms with van der Waals surface area (Å²) in [5.41, 5.74) is 2.61. The largest absolute Gasteiger partial charge is 0.469 e. The van der Waals surface area contributed by atoms with Crippen molar-refractivity contribution in [3.05, 3.63) is 58.6 Å². The summed E-state index contributed by atoms with van der Waals surface area (Å²) in [7, 11) is 1.44. The molecule has 26 heavy (non-hydrogen) atoms. The molecule has 4 atom stereocenters. The van der Waals surface area contributed by atoms with Crippen LogP contribution in [0.4, 0.5) is 0 Å². The van der Waals surface area contributed by atoms with Crippen LogP contribution in [0.25, 0.3) is 0 Å². The van der Waals surface area contributed by atoms with E-state index in [1.54, 1.807) is 0 Å². The van der Waals surface area contributed by atoms with Crippen molar-refractivity contribution < 1.29 is 9.53 Å². The molecule has 4 heteroatoms. The van der Waals surface area contributed by atoms with E-state index in [9.17, 15) is 4.79 Å². The van der Waals surface area contributed by atoms with Gasteiger partial charge >= 0.3 is 5.97 Å². The van der Waals surface area contributed by atoms with E-state index in [1.165, 1.54) is 28.9 Å². The van der Waals surface area contributed by atoms with Crippen LogP contribution >= 0.6 is 11.8 Å². The lowest BCUT2D eigenvalue weighted by molar-refractivity contribution is -0.140. The minimum absolute atomic E-state index is 0.146. The van der Waals surface area contributed by atoms with Crippen LogP contribution in [-0.4, -0.2) is 30.9 Å². The number of carbonyl (C=O) groups excluding carboxylic acids is 1. The zero-order chi connectivity index (χ0) is 18.5. The molecule has 3 rings (SSSR count). The Morgan fingerprint density at radius 1 is 1.27 bits per heavy atom. The van der Waals surface area contributed by atoms with Crippen LogP contribution in [0.1, 0.15) is 33.1 Å². The van der Waals surface area contributed by atoms with E-state index in [4.69, 9.17) is 4.74 Å². The number of allylic oxidation sites excluding steroid dienone is 5. The number of carbonyl (C=O) groups is 1. The highest BCUT2D eigenvalue weighted by Gasteiger charge is 2.22. The molecule has 0 saturated heterocycles. The summed E-state index contributed by atoms with van der Waals surface area (Å²) in [6.07, 6.45) is 18.2. The van der Waals surface area contributed by atoms with Crippen molar-refractivity contribution in [3.8, 4) is 0 Å². The van der Waals surface area contributed by atoms with Crippen LogP contribution in [0.2, 0.25) is 0 Å². The lowest BCUT2D eigenvalue weighted by Crippen LogP contribution is -2.40. The molecule has 0 fully saturated rings. The molecule has 1 heterocycles. The Hall–Kier alpha value is -1.52. The van der Waals surface area contributed by atoms with Gasteiger partial charge in [0, 0.05) is 29.2 Å². The van der Waals surface area contributed by atoms with Crippen LogP contribution in [-0.2, 0) is 9.53 Å². The first-order valence-electron chi connectivity index (χ1n) is 9.50. The molecule has 0 aromatic heterocycles. The number of hydrogen-bond donors (Lipinski definition) is 1. The van der Waals surface area contributed by atoms with E-state index in [-0.39, 0.29) is 5.97 Å². The first kappa shape index (κ1) is 19.2. The van der Waals surface area contributed by atoms with Crippen LogP contribution in [0.3, 0.4) is 0 Å². The van der Waals surface area contributed by atoms with Crippen molar-refractivity contribution in [2.75, 3.05) is 12.9 Å². The third-order valence-electron chi connectivity index (χ3n) is 5.13. The first-order chi connectivity index (χ1) is 12.5. The third kappa shape index (κ3) is 5.01. The van der Waals surface area contributed by atoms with Gasteiger partial charge < -0.3 is 10.1 Å². The smallest absolute Gasteiger partial charge is 0.305 e. The molecule has 0 amide bonds. The standard InChI is InChI=1S/C22H29NO2S/c1-15-12-21(26-14-15)18-6-8-19(9-7-18)23-20-10-4-17(13-16(20)2)5-11-22(24)25-3/h4,6-8,10,12-13,15-16,19-20,23H,5,9,11,14H2,1-3H3. The Morgan fingerprint density at radius 3 is 2.73 bits per heavy atom. The summed E-state index contributed by atoms with van der Waals surface area (Å²) in [5, 5.41) is 3.74. The molecule has 0 saturated carbocycles. The van der Waals surface area contributed by atoms with Crippen LogP contribution < -0.4 is 5.32 Å². The fraction of sp³-hybridized carbons (Fsp3) is 0.500. The summed E-state index contributed by atoms with van der Waals surface area (Å²) in [5.74, 6) is 2.16. The maximum Gasteiger partial charge on any atom is 0.305 e. The highest BCUT2D eigenvalue weighted by molar-refractivity contribution is 8.03. The monoisotopic (exact) mass is 371 g/mol. The number of hydrogen-bond acceptors (Lipinski definition) is 4. The maximum atomic E-state index is 11.3. The molecular formula is C22H29NO2S. The van der Waals surface area contributed by atoms with Gasteiger partial charge in [0.15, 0.2) is 0 Å². The van der Waals surface area contributed by atoms with Gasteiger partial charge in [-0.3, -0.25) is 4.79 Å². The molecule has 0 bridgehead atoms. The van der Waals surface area contributed by atoms with Gasteiger partial charge in [-0.05, 0) is 30.3 Å². The average Bonchev–Trinajstić information content (AvgIpc) is 3.08. The Labute approximate surface area is 161 Å². The van der Waals surface area contributed by atoms with Gasteiger partial charge in [-0.25, -0.2) is 0 Å². The molecule has 2 aliphatic carbocycles. The zero-order valence-electron chi connectivity index (χ0n) is 15.9. The van der Waals surface area contributed by atoms with Gasteiger partial charge in [0.1, 0.15) is 0 Å². The molecule has 3 nitrogen and oxygen atoms in total. The average molecular weight is 372 g/mol. The van der Waals surface area contributed by atoms with E-state index in [2.05, 4.69) is 61.7 Å². The number of nitrogens with one attached hydrogen (secondary N) is 1. The van der Waals surface area contributed by atoms with E-state index < -0.39 is 0 Å². The number of rotatable bonds is 6. The number of ether oxygens (including phenoxy) is 1. The van der Waals surface area contributed by atoms with Gasteiger partial charge in [0.05, 0.1) is 7.11 Å². The minimum atomic E-state index is -0.146. The second-order valence-corrected chi connectivity index (χ2v) is 8.47. The summed E-state index contributed by atoms with van der Waals surface area (Å²) in [6.45, 7) is 4.51. The van der Waals surface area contributed by atoms with E-state index in [1.807, 2.05) is 11.8 Å². The summed E-state index contributed by atoms with van der Waals surface area (Å²) in [6, 6.07) is 0.715. The van der Waals surface area contributed by atoms with E-state index in [0.29, 0.717) is 30.3 Å². The number of esters is 1. The highest BCUT2D eigenvalue weighted by atomic mass is 32.2. The molecular weight excluding hydrogens is 342 g/mol. The highest BCUT2D eigenvalue weighted by Crippen LogP contribution is 2.36. The zero-order valence-corrected chi connectivity index (χ0v) is 16.7. The fourth-order valence-corrected chi connectivity index (χ4v) is 4.74. The second kappa shape index (κ2) is 8.92. The second-order valence-electron chi connectivity index (χ2n) is 7.41. The molecule has 0 aromatic carbocycles. The summed E-state index contributed by atoms with van der Waals surface area (Å²) >= 11 is 1.97. The Balaban J connectivity index is 1.49. The van der Waals surface area contributed by atoms with Crippen molar-refractivity contribution in [2.24, 2.45) is 11.8 Å². The van der Waals surface area contributed by atoms with Crippen molar-refractivity contribution in [2.45, 2.75) is 45.2 Å². The Morgan fingerprint density at radius 2 is 2.12 bits per heavy atom. The normalized spacial score (nSPS) is 30.7. The predicted molar refractivity (Wildman–Crippen MR) is 110 cm³/mol. The van der Waals surface area contributed by atoms with Crippen molar-refractivity contribution in [1.82, 2.24) is 5.32 Å². The number of methoxy groups -OCH3 is 1. The minimum Gasteiger partial charge on any atom is -0.469 e. The van der Waals surface area contributed by atoms with E-state index in [0.717, 1.165) is 12.8 Å². The Kier molecular flexibility index (Phi) is 6.60. The molecule has 1 N–H and O–H groups in total. The third-order valence-corrected chi connectivity index (χ3v) is 6.51. The number of thioether (sulfide) groups is 1. The molecule has 3 aliphatic rings. The molecule has 0 radical (unpaired) electrons. The van der Waals surface area contributed by atoms with Crippen LogP contribution in [0, 0.1) is 11.8 Å². The van der Waals surface area contributed by atoms with Crippen LogP contribution in [0.5, 0.6) is 0 Å². The van der Waals surface area contributed by atoms with Crippen molar-refractivity contribution >= 4 is 17.7 Å². The Bertz CT molecular complexity index is 686. The van der Waals surface area contributed by atoms with Gasteiger partial charge in [-0.15, -0.1) is 11.8 Å². The SMILES string of the molecule is COC(=O)CCC1=CC(C)C(NC2C=CC(C3=CC(C)CS3)=CC2)C=C1. The van der Waals surface area contributed by atoms with Crippen molar-refractivity contribution in [1.29, 1.82) is 0 Å². The van der Waals surface area contributed by atoms with Crippen LogP contribution in [0.15, 0.2) is 58.6 Å². The predicted octanol–water partition coefficient (Wildman–Crippen LogP) is 4.55. The van der Waals surface area contributed by atoms with Gasteiger partial charge in [0.2, 0.25) is 0 Å². The summed E-state index contributed by atoms with van der Waals surface area (Å²) < 4.78 is 4.72. The van der Waals surface area contributed by atoms with Gasteiger partial charge in [0.25, 0.3) is 0 Å². The molecule has 1 aliphatic heterocycles. The molecule has 0 aromatic rings. The van der Waals surface area contributed by atoms with Crippen molar-refractivity contribution in [3.63, 3.8) is 0 Å². The lowest BCUT2D eigenvalue weighted by atomic mass is 9.90. The van der Waals surface area contributed by atoms with Gasteiger partial charge in [-0.1, -0.05) is 62.0 Å². The lowest BCUT2D eigenvalue weighted by Gasteiger charge is -2.29. The first-order valence-corrected chi connectivity index (χ1v) is 10.5. The maximum absolute atomic E-state index is 11.3. The van der Waals surface area contributed by atoms with Gasteiger partial charge in [-0.2, -0.15) is 0 Å².